The zero-order chi connectivity index (χ0) is 19.6. The zero-order valence-corrected chi connectivity index (χ0v) is 15.9. The quantitative estimate of drug-likeness (QED) is 0.477. The van der Waals surface area contributed by atoms with Gasteiger partial charge in [0.15, 0.2) is 0 Å². The molecule has 3 atom stereocenters. The Balaban J connectivity index is 1.59. The lowest BCUT2D eigenvalue weighted by Gasteiger charge is -2.37. The molecule has 4 aromatic rings. The van der Waals surface area contributed by atoms with Crippen molar-refractivity contribution in [1.82, 2.24) is 5.32 Å². The average Bonchev–Trinajstić information content (AvgIpc) is 2.80. The van der Waals surface area contributed by atoms with Crippen LogP contribution in [-0.4, -0.2) is 5.97 Å². The SMILES string of the molecule is O=C1O[C@H](c2ccccc2)[C@H](c2ccccc2)N[C@@H]1c1cccc2ccccc12. The van der Waals surface area contributed by atoms with E-state index in [4.69, 9.17) is 4.74 Å². The Morgan fingerprint density at radius 3 is 2.03 bits per heavy atom. The molecule has 29 heavy (non-hydrogen) atoms. The Kier molecular flexibility index (Phi) is 4.59. The summed E-state index contributed by atoms with van der Waals surface area (Å²) < 4.78 is 6.05. The number of hydrogen-bond donors (Lipinski definition) is 1. The van der Waals surface area contributed by atoms with Gasteiger partial charge in [-0.1, -0.05) is 103 Å². The van der Waals surface area contributed by atoms with Crippen molar-refractivity contribution >= 4 is 16.7 Å². The van der Waals surface area contributed by atoms with Crippen LogP contribution in [-0.2, 0) is 9.53 Å². The number of nitrogens with one attached hydrogen (secondary N) is 1. The van der Waals surface area contributed by atoms with Crippen molar-refractivity contribution in [3.05, 3.63) is 120 Å². The third kappa shape index (κ3) is 3.30. The standard InChI is InChI=1S/C26H21NO2/c28-26-24(22-17-9-15-18-10-7-8-16-21(18)22)27-23(19-11-3-1-4-12-19)25(29-26)20-13-5-2-6-14-20/h1-17,23-25,27H/t23-,24+,25+/m0/s1. The van der Waals surface area contributed by atoms with Gasteiger partial charge in [0.1, 0.15) is 12.1 Å². The van der Waals surface area contributed by atoms with Crippen LogP contribution < -0.4 is 5.32 Å². The van der Waals surface area contributed by atoms with E-state index in [-0.39, 0.29) is 18.1 Å². The monoisotopic (exact) mass is 379 g/mol. The second-order valence-corrected chi connectivity index (χ2v) is 7.32. The lowest BCUT2D eigenvalue weighted by Crippen LogP contribution is -2.43. The van der Waals surface area contributed by atoms with Crippen LogP contribution in [0.4, 0.5) is 0 Å². The van der Waals surface area contributed by atoms with Crippen LogP contribution in [0, 0.1) is 0 Å². The van der Waals surface area contributed by atoms with Crippen LogP contribution in [0.5, 0.6) is 0 Å². The van der Waals surface area contributed by atoms with Crippen molar-refractivity contribution in [1.29, 1.82) is 0 Å². The molecule has 1 heterocycles. The summed E-state index contributed by atoms with van der Waals surface area (Å²) in [5.74, 6) is -0.248. The highest BCUT2D eigenvalue weighted by Gasteiger charge is 2.39. The number of benzene rings is 4. The van der Waals surface area contributed by atoms with Crippen molar-refractivity contribution in [2.45, 2.75) is 18.2 Å². The highest BCUT2D eigenvalue weighted by atomic mass is 16.5. The van der Waals surface area contributed by atoms with E-state index in [2.05, 4.69) is 35.6 Å². The number of carbonyl (C=O) groups excluding carboxylic acids is 1. The summed E-state index contributed by atoms with van der Waals surface area (Å²) in [4.78, 5) is 13.1. The van der Waals surface area contributed by atoms with Gasteiger partial charge in [-0.2, -0.15) is 0 Å². The predicted molar refractivity (Wildman–Crippen MR) is 114 cm³/mol. The lowest BCUT2D eigenvalue weighted by molar-refractivity contribution is -0.161. The fraction of sp³-hybridized carbons (Fsp3) is 0.115. The Labute approximate surface area is 170 Å². The maximum absolute atomic E-state index is 13.1. The molecule has 0 radical (unpaired) electrons. The van der Waals surface area contributed by atoms with Gasteiger partial charge in [0.25, 0.3) is 0 Å². The molecule has 1 aliphatic heterocycles. The molecule has 0 aliphatic carbocycles. The van der Waals surface area contributed by atoms with Crippen molar-refractivity contribution in [3.63, 3.8) is 0 Å². The number of carbonyl (C=O) groups is 1. The highest BCUT2D eigenvalue weighted by molar-refractivity contribution is 5.91. The highest BCUT2D eigenvalue weighted by Crippen LogP contribution is 2.40. The van der Waals surface area contributed by atoms with Gasteiger partial charge in [-0.25, -0.2) is 4.79 Å². The molecule has 142 valence electrons. The maximum atomic E-state index is 13.1. The van der Waals surface area contributed by atoms with Gasteiger partial charge >= 0.3 is 5.97 Å². The first-order valence-electron chi connectivity index (χ1n) is 9.85. The number of morpholine rings is 1. The minimum Gasteiger partial charge on any atom is -0.454 e. The Morgan fingerprint density at radius 2 is 1.28 bits per heavy atom. The molecule has 3 nitrogen and oxygen atoms in total. The largest absolute Gasteiger partial charge is 0.454 e. The molecule has 0 bridgehead atoms. The average molecular weight is 379 g/mol. The number of ether oxygens (including phenoxy) is 1. The van der Waals surface area contributed by atoms with E-state index in [9.17, 15) is 4.79 Å². The van der Waals surface area contributed by atoms with Crippen molar-refractivity contribution in [3.8, 4) is 0 Å². The van der Waals surface area contributed by atoms with Crippen LogP contribution in [0.2, 0.25) is 0 Å². The molecule has 1 saturated heterocycles. The Morgan fingerprint density at radius 1 is 0.655 bits per heavy atom. The van der Waals surface area contributed by atoms with Crippen LogP contribution >= 0.6 is 0 Å². The van der Waals surface area contributed by atoms with E-state index in [1.54, 1.807) is 0 Å². The summed E-state index contributed by atoms with van der Waals surface area (Å²) in [6, 6.07) is 33.7. The molecule has 0 aromatic heterocycles. The van der Waals surface area contributed by atoms with Crippen LogP contribution in [0.1, 0.15) is 34.9 Å². The zero-order valence-electron chi connectivity index (χ0n) is 15.9. The van der Waals surface area contributed by atoms with Gasteiger partial charge in [0.2, 0.25) is 0 Å². The van der Waals surface area contributed by atoms with E-state index in [0.717, 1.165) is 27.5 Å². The van der Waals surface area contributed by atoms with E-state index in [0.29, 0.717) is 0 Å². The second kappa shape index (κ2) is 7.53. The van der Waals surface area contributed by atoms with Gasteiger partial charge in [-0.15, -0.1) is 0 Å². The van der Waals surface area contributed by atoms with E-state index < -0.39 is 6.04 Å². The Hall–Kier alpha value is -3.43. The fourth-order valence-electron chi connectivity index (χ4n) is 4.15. The molecule has 1 fully saturated rings. The van der Waals surface area contributed by atoms with Crippen LogP contribution in [0.3, 0.4) is 0 Å². The molecule has 4 aromatic carbocycles. The van der Waals surface area contributed by atoms with Crippen LogP contribution in [0.15, 0.2) is 103 Å². The number of hydrogen-bond acceptors (Lipinski definition) is 3. The number of cyclic esters (lactones) is 1. The molecule has 0 spiro atoms. The summed E-state index contributed by atoms with van der Waals surface area (Å²) in [7, 11) is 0. The molecule has 0 amide bonds. The third-order valence-electron chi connectivity index (χ3n) is 5.55. The van der Waals surface area contributed by atoms with Crippen LogP contribution in [0.25, 0.3) is 10.8 Å². The number of fused-ring (bicyclic) bond motifs is 1. The minimum atomic E-state index is -0.522. The van der Waals surface area contributed by atoms with Gasteiger partial charge < -0.3 is 4.74 Å². The molecule has 0 saturated carbocycles. The van der Waals surface area contributed by atoms with E-state index in [1.165, 1.54) is 0 Å². The predicted octanol–water partition coefficient (Wildman–Crippen LogP) is 5.51. The normalized spacial score (nSPS) is 21.7. The third-order valence-corrected chi connectivity index (χ3v) is 5.55. The molecule has 1 aliphatic rings. The second-order valence-electron chi connectivity index (χ2n) is 7.32. The summed E-state index contributed by atoms with van der Waals surface area (Å²) in [5, 5.41) is 5.78. The fourth-order valence-corrected chi connectivity index (χ4v) is 4.15. The lowest BCUT2D eigenvalue weighted by atomic mass is 9.90. The van der Waals surface area contributed by atoms with E-state index in [1.807, 2.05) is 72.8 Å². The first-order chi connectivity index (χ1) is 14.3. The van der Waals surface area contributed by atoms with Gasteiger partial charge in [0, 0.05) is 0 Å². The maximum Gasteiger partial charge on any atom is 0.328 e. The molecule has 1 N–H and O–H groups in total. The summed E-state index contributed by atoms with van der Waals surface area (Å²) in [6.07, 6.45) is -0.377. The molecular weight excluding hydrogens is 358 g/mol. The molecule has 3 heteroatoms. The van der Waals surface area contributed by atoms with Gasteiger partial charge in [-0.05, 0) is 27.5 Å². The molecule has 0 unspecified atom stereocenters. The number of esters is 1. The first-order valence-corrected chi connectivity index (χ1v) is 9.85. The van der Waals surface area contributed by atoms with Gasteiger partial charge in [0.05, 0.1) is 6.04 Å². The minimum absolute atomic E-state index is 0.139. The van der Waals surface area contributed by atoms with Crippen molar-refractivity contribution in [2.75, 3.05) is 0 Å². The smallest absolute Gasteiger partial charge is 0.328 e. The summed E-state index contributed by atoms with van der Waals surface area (Å²) >= 11 is 0. The summed E-state index contributed by atoms with van der Waals surface area (Å²) in [6.45, 7) is 0. The van der Waals surface area contributed by atoms with Crippen molar-refractivity contribution in [2.24, 2.45) is 0 Å². The van der Waals surface area contributed by atoms with Gasteiger partial charge in [-0.3, -0.25) is 5.32 Å². The van der Waals surface area contributed by atoms with E-state index >= 15 is 0 Å². The number of rotatable bonds is 3. The Bertz CT molecular complexity index is 1140. The topological polar surface area (TPSA) is 38.3 Å². The first kappa shape index (κ1) is 17.7. The van der Waals surface area contributed by atoms with Crippen molar-refractivity contribution < 1.29 is 9.53 Å². The molecular formula is C26H21NO2. The molecule has 5 rings (SSSR count). The summed E-state index contributed by atoms with van der Waals surface area (Å²) in [5.41, 5.74) is 3.03.